The maximum Gasteiger partial charge on any atom is 0.154 e. The molecule has 0 amide bonds. The fourth-order valence-electron chi connectivity index (χ4n) is 4.09. The fourth-order valence-corrected chi connectivity index (χ4v) is 4.09. The van der Waals surface area contributed by atoms with Crippen molar-refractivity contribution in [2.24, 2.45) is 0 Å². The van der Waals surface area contributed by atoms with Crippen molar-refractivity contribution in [2.45, 2.75) is 38.5 Å². The number of rotatable bonds is 7. The van der Waals surface area contributed by atoms with E-state index in [4.69, 9.17) is 9.84 Å². The van der Waals surface area contributed by atoms with Gasteiger partial charge in [-0.05, 0) is 56.1 Å². The van der Waals surface area contributed by atoms with Crippen molar-refractivity contribution in [2.75, 3.05) is 11.9 Å². The third kappa shape index (κ3) is 4.39. The molecular formula is C25H27N5O. The molecule has 6 nitrogen and oxygen atoms in total. The number of fused-ring (bicyclic) bond motifs is 1. The lowest BCUT2D eigenvalue weighted by molar-refractivity contribution is 0.180. The SMILES string of the molecule is CC(Oc1cccc(-c2cnc3ccc(NCc4ccccc4)nn23)c1)[C@@H]1CCCN1. The van der Waals surface area contributed by atoms with Crippen LogP contribution in [0.3, 0.4) is 0 Å². The van der Waals surface area contributed by atoms with Crippen LogP contribution in [0.5, 0.6) is 5.75 Å². The number of nitrogens with zero attached hydrogens (tertiary/aromatic N) is 3. The number of hydrogen-bond donors (Lipinski definition) is 2. The van der Waals surface area contributed by atoms with Crippen LogP contribution < -0.4 is 15.4 Å². The van der Waals surface area contributed by atoms with E-state index in [-0.39, 0.29) is 6.10 Å². The zero-order chi connectivity index (χ0) is 21.0. The van der Waals surface area contributed by atoms with Gasteiger partial charge in [-0.3, -0.25) is 0 Å². The molecule has 1 aliphatic heterocycles. The summed E-state index contributed by atoms with van der Waals surface area (Å²) in [5.74, 6) is 1.68. The topological polar surface area (TPSA) is 63.5 Å². The molecule has 0 radical (unpaired) electrons. The first-order valence-corrected chi connectivity index (χ1v) is 10.9. The van der Waals surface area contributed by atoms with Gasteiger partial charge in [-0.15, -0.1) is 5.10 Å². The molecule has 0 spiro atoms. The smallest absolute Gasteiger partial charge is 0.154 e. The number of nitrogens with one attached hydrogen (secondary N) is 2. The first kappa shape index (κ1) is 19.6. The number of ether oxygens (including phenoxy) is 1. The lowest BCUT2D eigenvalue weighted by atomic mass is 10.1. The Bertz CT molecular complexity index is 1150. The molecule has 5 rings (SSSR count). The Kier molecular flexibility index (Phi) is 5.54. The lowest BCUT2D eigenvalue weighted by Gasteiger charge is -2.21. The summed E-state index contributed by atoms with van der Waals surface area (Å²) < 4.78 is 8.12. The van der Waals surface area contributed by atoms with Crippen LogP contribution in [0.25, 0.3) is 16.9 Å². The number of benzene rings is 2. The Morgan fingerprint density at radius 1 is 1.13 bits per heavy atom. The largest absolute Gasteiger partial charge is 0.489 e. The van der Waals surface area contributed by atoms with Gasteiger partial charge in [-0.25, -0.2) is 9.50 Å². The first-order valence-electron chi connectivity index (χ1n) is 10.9. The maximum atomic E-state index is 6.24. The standard InChI is InChI=1S/C25H27N5O/c1-18(22-11-6-14-26-22)31-21-10-5-9-20(15-21)23-17-28-25-13-12-24(29-30(23)25)27-16-19-7-3-2-4-8-19/h2-5,7-10,12-13,15,17-18,22,26H,6,11,14,16H2,1H3,(H,27,29)/t18?,22-/m0/s1. The molecule has 1 saturated heterocycles. The van der Waals surface area contributed by atoms with E-state index in [0.29, 0.717) is 6.04 Å². The van der Waals surface area contributed by atoms with Crippen molar-refractivity contribution in [3.8, 4) is 17.0 Å². The highest BCUT2D eigenvalue weighted by Gasteiger charge is 2.22. The third-order valence-corrected chi connectivity index (χ3v) is 5.80. The van der Waals surface area contributed by atoms with Crippen LogP contribution in [0.1, 0.15) is 25.3 Å². The molecule has 2 N–H and O–H groups in total. The average molecular weight is 414 g/mol. The molecule has 6 heteroatoms. The molecule has 31 heavy (non-hydrogen) atoms. The monoisotopic (exact) mass is 413 g/mol. The van der Waals surface area contributed by atoms with E-state index in [9.17, 15) is 0 Å². The second-order valence-corrected chi connectivity index (χ2v) is 8.02. The summed E-state index contributed by atoms with van der Waals surface area (Å²) >= 11 is 0. The predicted octanol–water partition coefficient (Wildman–Crippen LogP) is 4.53. The predicted molar refractivity (Wildman–Crippen MR) is 123 cm³/mol. The molecule has 0 aliphatic carbocycles. The second kappa shape index (κ2) is 8.78. The molecule has 1 aliphatic rings. The molecule has 2 aromatic heterocycles. The third-order valence-electron chi connectivity index (χ3n) is 5.80. The summed E-state index contributed by atoms with van der Waals surface area (Å²) in [6, 6.07) is 22.8. The average Bonchev–Trinajstić information content (AvgIpc) is 3.49. The zero-order valence-corrected chi connectivity index (χ0v) is 17.7. The van der Waals surface area contributed by atoms with Gasteiger partial charge in [0.05, 0.1) is 11.9 Å². The Hall–Kier alpha value is -3.38. The Morgan fingerprint density at radius 2 is 2.03 bits per heavy atom. The van der Waals surface area contributed by atoms with Gasteiger partial charge >= 0.3 is 0 Å². The van der Waals surface area contributed by atoms with Crippen molar-refractivity contribution in [3.05, 3.63) is 78.5 Å². The summed E-state index contributed by atoms with van der Waals surface area (Å²) in [5.41, 5.74) is 4.00. The van der Waals surface area contributed by atoms with Gasteiger partial charge in [0.1, 0.15) is 17.7 Å². The molecule has 0 bridgehead atoms. The van der Waals surface area contributed by atoms with Crippen LogP contribution >= 0.6 is 0 Å². The van der Waals surface area contributed by atoms with Gasteiger partial charge in [0.25, 0.3) is 0 Å². The molecule has 2 aromatic carbocycles. The molecule has 4 aromatic rings. The molecule has 1 unspecified atom stereocenters. The van der Waals surface area contributed by atoms with E-state index < -0.39 is 0 Å². The summed E-state index contributed by atoms with van der Waals surface area (Å²) in [7, 11) is 0. The number of imidazole rings is 1. The van der Waals surface area contributed by atoms with Crippen LogP contribution in [-0.4, -0.2) is 33.3 Å². The Labute approximate surface area is 182 Å². The van der Waals surface area contributed by atoms with Gasteiger partial charge in [0.15, 0.2) is 5.65 Å². The van der Waals surface area contributed by atoms with Gasteiger partial charge in [0.2, 0.25) is 0 Å². The van der Waals surface area contributed by atoms with Gasteiger partial charge in [-0.2, -0.15) is 0 Å². The summed E-state index contributed by atoms with van der Waals surface area (Å²) in [6.07, 6.45) is 4.38. The minimum absolute atomic E-state index is 0.131. The van der Waals surface area contributed by atoms with E-state index in [1.54, 1.807) is 0 Å². The van der Waals surface area contributed by atoms with E-state index in [1.807, 2.05) is 53.2 Å². The van der Waals surface area contributed by atoms with E-state index >= 15 is 0 Å². The second-order valence-electron chi connectivity index (χ2n) is 8.02. The van der Waals surface area contributed by atoms with Gasteiger partial charge < -0.3 is 15.4 Å². The molecule has 158 valence electrons. The highest BCUT2D eigenvalue weighted by atomic mass is 16.5. The highest BCUT2D eigenvalue weighted by molar-refractivity contribution is 5.65. The maximum absolute atomic E-state index is 6.24. The minimum atomic E-state index is 0.131. The molecule has 1 fully saturated rings. The minimum Gasteiger partial charge on any atom is -0.489 e. The lowest BCUT2D eigenvalue weighted by Crippen LogP contribution is -2.36. The molecule has 3 heterocycles. The van der Waals surface area contributed by atoms with Crippen LogP contribution in [0.15, 0.2) is 72.9 Å². The number of aromatic nitrogens is 3. The number of hydrogen-bond acceptors (Lipinski definition) is 5. The van der Waals surface area contributed by atoms with E-state index in [2.05, 4.69) is 46.8 Å². The van der Waals surface area contributed by atoms with E-state index in [0.717, 1.165) is 48.0 Å². The Balaban J connectivity index is 1.37. The summed E-state index contributed by atoms with van der Waals surface area (Å²) in [4.78, 5) is 4.53. The van der Waals surface area contributed by atoms with Gasteiger partial charge in [0, 0.05) is 18.2 Å². The van der Waals surface area contributed by atoms with E-state index in [1.165, 1.54) is 12.0 Å². The van der Waals surface area contributed by atoms with Crippen molar-refractivity contribution in [3.63, 3.8) is 0 Å². The summed E-state index contributed by atoms with van der Waals surface area (Å²) in [6.45, 7) is 3.93. The molecule has 0 saturated carbocycles. The van der Waals surface area contributed by atoms with Crippen LogP contribution in [-0.2, 0) is 6.54 Å². The van der Waals surface area contributed by atoms with Crippen molar-refractivity contribution >= 4 is 11.5 Å². The normalized spacial score (nSPS) is 17.0. The van der Waals surface area contributed by atoms with Gasteiger partial charge in [-0.1, -0.05) is 42.5 Å². The first-order chi connectivity index (χ1) is 15.3. The highest BCUT2D eigenvalue weighted by Crippen LogP contribution is 2.26. The van der Waals surface area contributed by atoms with Crippen LogP contribution in [0.4, 0.5) is 5.82 Å². The van der Waals surface area contributed by atoms with Crippen LogP contribution in [0, 0.1) is 0 Å². The number of anilines is 1. The molecular weight excluding hydrogens is 386 g/mol. The zero-order valence-electron chi connectivity index (χ0n) is 17.7. The molecule has 2 atom stereocenters. The quantitative estimate of drug-likeness (QED) is 0.466. The van der Waals surface area contributed by atoms with Crippen molar-refractivity contribution < 1.29 is 4.74 Å². The van der Waals surface area contributed by atoms with Crippen LogP contribution in [0.2, 0.25) is 0 Å². The fraction of sp³-hybridized carbons (Fsp3) is 0.280. The Morgan fingerprint density at radius 3 is 2.87 bits per heavy atom. The van der Waals surface area contributed by atoms with Crippen molar-refractivity contribution in [1.82, 2.24) is 19.9 Å². The summed E-state index contributed by atoms with van der Waals surface area (Å²) in [5, 5.41) is 11.7. The van der Waals surface area contributed by atoms with Crippen molar-refractivity contribution in [1.29, 1.82) is 0 Å².